The number of aromatic nitrogens is 2. The fraction of sp³-hybridized carbons (Fsp3) is 0.400. The number of hydrogen-bond acceptors (Lipinski definition) is 7. The first kappa shape index (κ1) is 13.8. The van der Waals surface area contributed by atoms with E-state index in [1.165, 1.54) is 6.20 Å². The number of carbonyl (C=O) groups excluding carboxylic acids is 1. The van der Waals surface area contributed by atoms with Crippen LogP contribution in [0.25, 0.3) is 0 Å². The van der Waals surface area contributed by atoms with Crippen molar-refractivity contribution in [1.82, 2.24) is 9.97 Å². The third-order valence-electron chi connectivity index (χ3n) is 1.83. The van der Waals surface area contributed by atoms with Crippen molar-refractivity contribution in [2.75, 3.05) is 18.7 Å². The van der Waals surface area contributed by atoms with Gasteiger partial charge in [0.2, 0.25) is 5.95 Å². The third kappa shape index (κ3) is 3.98. The Bertz CT molecular complexity index is 449. The van der Waals surface area contributed by atoms with E-state index in [-0.39, 0.29) is 18.1 Å². The molecule has 2 N–H and O–H groups in total. The van der Waals surface area contributed by atoms with Gasteiger partial charge in [0, 0.05) is 6.20 Å². The molecule has 8 heteroatoms. The molecule has 0 spiro atoms. The average molecular weight is 255 g/mol. The first-order chi connectivity index (χ1) is 8.54. The predicted molar refractivity (Wildman–Crippen MR) is 59.9 cm³/mol. The van der Waals surface area contributed by atoms with E-state index < -0.39 is 18.5 Å². The zero-order valence-corrected chi connectivity index (χ0v) is 9.97. The van der Waals surface area contributed by atoms with Gasteiger partial charge in [-0.1, -0.05) is 0 Å². The van der Waals surface area contributed by atoms with E-state index in [0.717, 1.165) is 0 Å². The fourth-order valence-corrected chi connectivity index (χ4v) is 1.09. The van der Waals surface area contributed by atoms with Crippen LogP contribution in [0.5, 0.6) is 0 Å². The highest BCUT2D eigenvalue weighted by atomic mass is 16.7. The lowest BCUT2D eigenvalue weighted by molar-refractivity contribution is -0.141. The normalized spacial score (nSPS) is 9.89. The van der Waals surface area contributed by atoms with Gasteiger partial charge in [0.1, 0.15) is 0 Å². The standard InChI is InChI=1S/C10H13N3O5/c1-3-17-9(16)7-4-11-10(12-6(7)2)13-18-5-8(14)15/h4H,3,5H2,1-2H3,(H,14,15)(H,11,12,13). The van der Waals surface area contributed by atoms with Gasteiger partial charge in [0.15, 0.2) is 6.61 Å². The van der Waals surface area contributed by atoms with Gasteiger partial charge in [-0.15, -0.1) is 0 Å². The maximum Gasteiger partial charge on any atom is 0.341 e. The van der Waals surface area contributed by atoms with Gasteiger partial charge in [-0.2, -0.15) is 0 Å². The molecule has 0 atom stereocenters. The molecule has 18 heavy (non-hydrogen) atoms. The van der Waals surface area contributed by atoms with Crippen LogP contribution >= 0.6 is 0 Å². The van der Waals surface area contributed by atoms with Gasteiger partial charge in [0.05, 0.1) is 17.9 Å². The number of carboxylic acid groups (broad SMARTS) is 1. The van der Waals surface area contributed by atoms with Crippen LogP contribution in [0.3, 0.4) is 0 Å². The number of ether oxygens (including phenoxy) is 1. The second kappa shape index (κ2) is 6.50. The summed E-state index contributed by atoms with van der Waals surface area (Å²) >= 11 is 0. The summed E-state index contributed by atoms with van der Waals surface area (Å²) in [5.74, 6) is -1.56. The predicted octanol–water partition coefficient (Wildman–Crippen LogP) is 0.390. The van der Waals surface area contributed by atoms with Crippen LogP contribution in [0.4, 0.5) is 5.95 Å². The highest BCUT2D eigenvalue weighted by Gasteiger charge is 2.12. The SMILES string of the molecule is CCOC(=O)c1cnc(NOCC(=O)O)nc1C. The molecule has 0 saturated heterocycles. The summed E-state index contributed by atoms with van der Waals surface area (Å²) in [4.78, 5) is 34.0. The van der Waals surface area contributed by atoms with E-state index in [1.54, 1.807) is 13.8 Å². The Balaban J connectivity index is 2.67. The monoisotopic (exact) mass is 255 g/mol. The van der Waals surface area contributed by atoms with Crippen molar-refractivity contribution in [2.24, 2.45) is 0 Å². The van der Waals surface area contributed by atoms with Crippen LogP contribution in [-0.2, 0) is 14.4 Å². The van der Waals surface area contributed by atoms with Crippen molar-refractivity contribution in [3.8, 4) is 0 Å². The Morgan fingerprint density at radius 3 is 2.78 bits per heavy atom. The Morgan fingerprint density at radius 2 is 2.22 bits per heavy atom. The van der Waals surface area contributed by atoms with Crippen molar-refractivity contribution in [3.63, 3.8) is 0 Å². The van der Waals surface area contributed by atoms with Crippen molar-refractivity contribution in [2.45, 2.75) is 13.8 Å². The lowest BCUT2D eigenvalue weighted by Gasteiger charge is -2.07. The molecule has 1 heterocycles. The summed E-state index contributed by atoms with van der Waals surface area (Å²) in [6.45, 7) is 3.04. The summed E-state index contributed by atoms with van der Waals surface area (Å²) in [5.41, 5.74) is 2.92. The molecule has 1 aromatic heterocycles. The molecule has 0 saturated carbocycles. The summed E-state index contributed by atoms with van der Waals surface area (Å²) in [7, 11) is 0. The average Bonchev–Trinajstić information content (AvgIpc) is 2.28. The lowest BCUT2D eigenvalue weighted by atomic mass is 10.2. The molecular weight excluding hydrogens is 242 g/mol. The van der Waals surface area contributed by atoms with Gasteiger partial charge in [-0.05, 0) is 13.8 Å². The molecule has 0 radical (unpaired) electrons. The smallest absolute Gasteiger partial charge is 0.341 e. The molecular formula is C10H13N3O5. The van der Waals surface area contributed by atoms with Crippen LogP contribution in [-0.4, -0.2) is 40.2 Å². The number of carboxylic acids is 1. The summed E-state index contributed by atoms with van der Waals surface area (Å²) < 4.78 is 4.81. The number of carbonyl (C=O) groups is 2. The molecule has 0 aliphatic carbocycles. The first-order valence-corrected chi connectivity index (χ1v) is 5.15. The maximum atomic E-state index is 11.4. The molecule has 8 nitrogen and oxygen atoms in total. The minimum Gasteiger partial charge on any atom is -0.479 e. The molecule has 0 amide bonds. The van der Waals surface area contributed by atoms with Crippen molar-refractivity contribution in [1.29, 1.82) is 0 Å². The number of nitrogens with zero attached hydrogens (tertiary/aromatic N) is 2. The molecule has 0 bridgehead atoms. The van der Waals surface area contributed by atoms with Crippen LogP contribution in [0, 0.1) is 6.92 Å². The van der Waals surface area contributed by atoms with Gasteiger partial charge in [0.25, 0.3) is 0 Å². The van der Waals surface area contributed by atoms with E-state index in [4.69, 9.17) is 9.84 Å². The Morgan fingerprint density at radius 1 is 1.50 bits per heavy atom. The number of nitrogens with one attached hydrogen (secondary N) is 1. The minimum atomic E-state index is -1.12. The quantitative estimate of drug-likeness (QED) is 0.554. The van der Waals surface area contributed by atoms with Crippen LogP contribution in [0.2, 0.25) is 0 Å². The number of hydrogen-bond donors (Lipinski definition) is 2. The zero-order chi connectivity index (χ0) is 13.5. The molecule has 98 valence electrons. The summed E-state index contributed by atoms with van der Waals surface area (Å²) in [6, 6.07) is 0. The number of aryl methyl sites for hydroxylation is 1. The van der Waals surface area contributed by atoms with Crippen LogP contribution < -0.4 is 5.48 Å². The van der Waals surface area contributed by atoms with Gasteiger partial charge in [-0.3, -0.25) is 4.84 Å². The number of anilines is 1. The minimum absolute atomic E-state index is 0.0711. The summed E-state index contributed by atoms with van der Waals surface area (Å²) in [6.07, 6.45) is 1.28. The highest BCUT2D eigenvalue weighted by molar-refractivity contribution is 5.90. The Hall–Kier alpha value is -2.22. The van der Waals surface area contributed by atoms with Gasteiger partial charge >= 0.3 is 11.9 Å². The fourth-order valence-electron chi connectivity index (χ4n) is 1.09. The third-order valence-corrected chi connectivity index (χ3v) is 1.83. The highest BCUT2D eigenvalue weighted by Crippen LogP contribution is 2.08. The number of rotatable bonds is 6. The second-order valence-electron chi connectivity index (χ2n) is 3.20. The topological polar surface area (TPSA) is 111 Å². The molecule has 0 unspecified atom stereocenters. The molecule has 0 aliphatic heterocycles. The van der Waals surface area contributed by atoms with Gasteiger partial charge in [-0.25, -0.2) is 25.0 Å². The zero-order valence-electron chi connectivity index (χ0n) is 9.97. The Labute approximate surface area is 103 Å². The second-order valence-corrected chi connectivity index (χ2v) is 3.20. The van der Waals surface area contributed by atoms with E-state index in [9.17, 15) is 9.59 Å². The molecule has 0 aliphatic rings. The van der Waals surface area contributed by atoms with Gasteiger partial charge < -0.3 is 9.84 Å². The first-order valence-electron chi connectivity index (χ1n) is 5.15. The van der Waals surface area contributed by atoms with E-state index >= 15 is 0 Å². The number of esters is 1. The molecule has 1 aromatic rings. The molecule has 0 aromatic carbocycles. The van der Waals surface area contributed by atoms with Crippen LogP contribution in [0.15, 0.2) is 6.20 Å². The number of aliphatic carboxylic acids is 1. The largest absolute Gasteiger partial charge is 0.479 e. The molecule has 0 fully saturated rings. The summed E-state index contributed by atoms with van der Waals surface area (Å²) in [5, 5.41) is 8.36. The maximum absolute atomic E-state index is 11.4. The van der Waals surface area contributed by atoms with Crippen molar-refractivity contribution < 1.29 is 24.3 Å². The Kier molecular flexibility index (Phi) is 5.00. The van der Waals surface area contributed by atoms with E-state index in [1.807, 2.05) is 0 Å². The van der Waals surface area contributed by atoms with Crippen molar-refractivity contribution in [3.05, 3.63) is 17.5 Å². The van der Waals surface area contributed by atoms with E-state index in [0.29, 0.717) is 5.69 Å². The lowest BCUT2D eigenvalue weighted by Crippen LogP contribution is -2.14. The molecule has 1 rings (SSSR count). The van der Waals surface area contributed by atoms with Crippen LogP contribution in [0.1, 0.15) is 23.0 Å². The van der Waals surface area contributed by atoms with E-state index in [2.05, 4.69) is 20.3 Å². The van der Waals surface area contributed by atoms with Crippen molar-refractivity contribution >= 4 is 17.9 Å².